The summed E-state index contributed by atoms with van der Waals surface area (Å²) in [7, 11) is 0. The van der Waals surface area contributed by atoms with Crippen LogP contribution in [0.1, 0.15) is 43.8 Å². The summed E-state index contributed by atoms with van der Waals surface area (Å²) in [5.74, 6) is 0. The molecule has 1 N–H and O–H groups in total. The van der Waals surface area contributed by atoms with E-state index in [2.05, 4.69) is 45.5 Å². The van der Waals surface area contributed by atoms with E-state index in [1.807, 2.05) is 0 Å². The van der Waals surface area contributed by atoms with Gasteiger partial charge in [0.05, 0.1) is 11.7 Å². The molecule has 1 heterocycles. The molecule has 0 bridgehead atoms. The molecule has 1 spiro atoms. The number of halogens is 1. The van der Waals surface area contributed by atoms with Gasteiger partial charge in [0.25, 0.3) is 0 Å². The van der Waals surface area contributed by atoms with Crippen molar-refractivity contribution in [2.24, 2.45) is 0 Å². The second kappa shape index (κ2) is 5.32. The lowest BCUT2D eigenvalue weighted by molar-refractivity contribution is -0.136. The number of nitrogens with one attached hydrogen (secondary N) is 1. The number of benzene rings is 1. The molecule has 1 saturated carbocycles. The van der Waals surface area contributed by atoms with Gasteiger partial charge in [0.1, 0.15) is 0 Å². The van der Waals surface area contributed by atoms with Crippen molar-refractivity contribution in [2.45, 2.75) is 43.8 Å². The van der Waals surface area contributed by atoms with Crippen LogP contribution in [0.4, 0.5) is 0 Å². The Hall–Kier alpha value is -0.380. The molecule has 1 aromatic rings. The topological polar surface area (TPSA) is 21.3 Å². The minimum atomic E-state index is 0.0937. The average Bonchev–Trinajstić information content (AvgIpc) is 2.40. The molecule has 1 aliphatic heterocycles. The molecule has 2 nitrogen and oxygen atoms in total. The largest absolute Gasteiger partial charge is 0.364 e. The zero-order valence-corrected chi connectivity index (χ0v) is 12.2. The standard InChI is InChI=1S/C15H20BrNO/c16-13-7-3-2-6-12(13)14-10-17-11-15(18-14)8-4-1-5-9-15/h2-3,6-7,14,17H,1,4-5,8-11H2. The fourth-order valence-corrected chi connectivity index (χ4v) is 3.76. The van der Waals surface area contributed by atoms with Gasteiger partial charge in [-0.15, -0.1) is 0 Å². The van der Waals surface area contributed by atoms with Crippen LogP contribution in [-0.4, -0.2) is 18.7 Å². The second-order valence-electron chi connectivity index (χ2n) is 5.50. The predicted octanol–water partition coefficient (Wildman–Crippen LogP) is 3.81. The Morgan fingerprint density at radius 2 is 1.94 bits per heavy atom. The van der Waals surface area contributed by atoms with E-state index in [0.717, 1.165) is 17.6 Å². The minimum absolute atomic E-state index is 0.0937. The van der Waals surface area contributed by atoms with Gasteiger partial charge >= 0.3 is 0 Å². The van der Waals surface area contributed by atoms with Crippen molar-refractivity contribution in [1.82, 2.24) is 5.32 Å². The van der Waals surface area contributed by atoms with Crippen LogP contribution in [0, 0.1) is 0 Å². The normalized spacial score (nSPS) is 27.3. The summed E-state index contributed by atoms with van der Waals surface area (Å²) in [6, 6.07) is 8.41. The average molecular weight is 310 g/mol. The lowest BCUT2D eigenvalue weighted by Gasteiger charge is -2.44. The maximum atomic E-state index is 6.49. The smallest absolute Gasteiger partial charge is 0.0968 e. The molecule has 3 heteroatoms. The lowest BCUT2D eigenvalue weighted by Crippen LogP contribution is -2.51. The summed E-state index contributed by atoms with van der Waals surface area (Å²) in [5.41, 5.74) is 1.37. The molecule has 1 aliphatic carbocycles. The highest BCUT2D eigenvalue weighted by Gasteiger charge is 2.38. The summed E-state index contributed by atoms with van der Waals surface area (Å²) in [6.45, 7) is 1.94. The van der Waals surface area contributed by atoms with E-state index in [1.165, 1.54) is 37.7 Å². The van der Waals surface area contributed by atoms with E-state index in [-0.39, 0.29) is 11.7 Å². The third-order valence-corrected chi connectivity index (χ3v) is 4.91. The highest BCUT2D eigenvalue weighted by Crippen LogP contribution is 2.39. The van der Waals surface area contributed by atoms with Crippen molar-refractivity contribution in [3.63, 3.8) is 0 Å². The third kappa shape index (κ3) is 2.49. The highest BCUT2D eigenvalue weighted by molar-refractivity contribution is 9.10. The van der Waals surface area contributed by atoms with Crippen LogP contribution in [0.25, 0.3) is 0 Å². The minimum Gasteiger partial charge on any atom is -0.364 e. The summed E-state index contributed by atoms with van der Waals surface area (Å²) in [5, 5.41) is 3.58. The van der Waals surface area contributed by atoms with Gasteiger partial charge in [-0.05, 0) is 24.5 Å². The van der Waals surface area contributed by atoms with Crippen LogP contribution in [0.2, 0.25) is 0 Å². The highest BCUT2D eigenvalue weighted by atomic mass is 79.9. The first-order valence-electron chi connectivity index (χ1n) is 6.92. The Morgan fingerprint density at radius 3 is 2.72 bits per heavy atom. The van der Waals surface area contributed by atoms with Gasteiger partial charge in [0, 0.05) is 17.6 Å². The van der Waals surface area contributed by atoms with Crippen molar-refractivity contribution in [2.75, 3.05) is 13.1 Å². The van der Waals surface area contributed by atoms with Gasteiger partial charge in [0.2, 0.25) is 0 Å². The molecule has 0 radical (unpaired) electrons. The van der Waals surface area contributed by atoms with Crippen LogP contribution in [0.3, 0.4) is 0 Å². The molecule has 3 rings (SSSR count). The summed E-state index contributed by atoms with van der Waals surface area (Å²) in [6.07, 6.45) is 6.59. The lowest BCUT2D eigenvalue weighted by atomic mass is 9.83. The van der Waals surface area contributed by atoms with E-state index < -0.39 is 0 Å². The summed E-state index contributed by atoms with van der Waals surface area (Å²) in [4.78, 5) is 0. The predicted molar refractivity (Wildman–Crippen MR) is 76.7 cm³/mol. The van der Waals surface area contributed by atoms with Gasteiger partial charge in [-0.1, -0.05) is 53.4 Å². The van der Waals surface area contributed by atoms with E-state index in [9.17, 15) is 0 Å². The van der Waals surface area contributed by atoms with Crippen molar-refractivity contribution in [1.29, 1.82) is 0 Å². The molecule has 1 atom stereocenters. The SMILES string of the molecule is Brc1ccccc1C1CNCC2(CCCCC2)O1. The molecule has 0 amide bonds. The van der Waals surface area contributed by atoms with Crippen LogP contribution < -0.4 is 5.32 Å². The van der Waals surface area contributed by atoms with E-state index >= 15 is 0 Å². The maximum Gasteiger partial charge on any atom is 0.0968 e. The maximum absolute atomic E-state index is 6.49. The van der Waals surface area contributed by atoms with Crippen LogP contribution in [-0.2, 0) is 4.74 Å². The number of ether oxygens (including phenoxy) is 1. The third-order valence-electron chi connectivity index (χ3n) is 4.19. The van der Waals surface area contributed by atoms with Gasteiger partial charge in [-0.2, -0.15) is 0 Å². The second-order valence-corrected chi connectivity index (χ2v) is 6.36. The molecule has 1 saturated heterocycles. The Bertz CT molecular complexity index is 409. The van der Waals surface area contributed by atoms with Crippen LogP contribution in [0.5, 0.6) is 0 Å². The first-order valence-corrected chi connectivity index (χ1v) is 7.71. The van der Waals surface area contributed by atoms with Gasteiger partial charge in [-0.25, -0.2) is 0 Å². The summed E-state index contributed by atoms with van der Waals surface area (Å²) >= 11 is 3.64. The van der Waals surface area contributed by atoms with E-state index in [1.54, 1.807) is 0 Å². The number of morpholine rings is 1. The molecular weight excluding hydrogens is 290 g/mol. The monoisotopic (exact) mass is 309 g/mol. The van der Waals surface area contributed by atoms with E-state index in [4.69, 9.17) is 4.74 Å². The van der Waals surface area contributed by atoms with Gasteiger partial charge in [-0.3, -0.25) is 0 Å². The molecule has 1 aromatic carbocycles. The molecule has 98 valence electrons. The van der Waals surface area contributed by atoms with Crippen molar-refractivity contribution >= 4 is 15.9 Å². The number of hydrogen-bond donors (Lipinski definition) is 1. The van der Waals surface area contributed by atoms with Crippen molar-refractivity contribution in [3.8, 4) is 0 Å². The fraction of sp³-hybridized carbons (Fsp3) is 0.600. The first kappa shape index (κ1) is 12.6. The zero-order chi connectivity index (χ0) is 12.4. The van der Waals surface area contributed by atoms with Gasteiger partial charge in [0.15, 0.2) is 0 Å². The number of rotatable bonds is 1. The Labute approximate surface area is 117 Å². The Kier molecular flexibility index (Phi) is 3.73. The van der Waals surface area contributed by atoms with Crippen LogP contribution >= 0.6 is 15.9 Å². The molecule has 2 fully saturated rings. The van der Waals surface area contributed by atoms with Crippen molar-refractivity contribution in [3.05, 3.63) is 34.3 Å². The zero-order valence-electron chi connectivity index (χ0n) is 10.6. The molecule has 1 unspecified atom stereocenters. The quantitative estimate of drug-likeness (QED) is 0.851. The van der Waals surface area contributed by atoms with Crippen LogP contribution in [0.15, 0.2) is 28.7 Å². The molecule has 0 aromatic heterocycles. The first-order chi connectivity index (χ1) is 8.79. The summed E-state index contributed by atoms with van der Waals surface area (Å²) < 4.78 is 7.65. The van der Waals surface area contributed by atoms with Gasteiger partial charge < -0.3 is 10.1 Å². The molecular formula is C15H20BrNO. The Morgan fingerprint density at radius 1 is 1.17 bits per heavy atom. The fourth-order valence-electron chi connectivity index (χ4n) is 3.22. The Balaban J connectivity index is 1.80. The number of hydrogen-bond acceptors (Lipinski definition) is 2. The molecule has 18 heavy (non-hydrogen) atoms. The van der Waals surface area contributed by atoms with Crippen molar-refractivity contribution < 1.29 is 4.74 Å². The van der Waals surface area contributed by atoms with E-state index in [0.29, 0.717) is 0 Å². The molecule has 2 aliphatic rings.